The second-order valence-corrected chi connectivity index (χ2v) is 5.20. The van der Waals surface area contributed by atoms with Gasteiger partial charge in [-0.05, 0) is 38.5 Å². The maximum Gasteiger partial charge on any atom is 0.0195 e. The Morgan fingerprint density at radius 1 is 1.07 bits per heavy atom. The zero-order valence-electron chi connectivity index (χ0n) is 9.63. The third-order valence-electron chi connectivity index (χ3n) is 4.01. The van der Waals surface area contributed by atoms with E-state index < -0.39 is 0 Å². The van der Waals surface area contributed by atoms with Crippen LogP contribution in [0.4, 0.5) is 0 Å². The second kappa shape index (κ2) is 4.63. The molecule has 0 aromatic carbocycles. The van der Waals surface area contributed by atoms with Crippen molar-refractivity contribution in [2.45, 2.75) is 51.6 Å². The van der Waals surface area contributed by atoms with Gasteiger partial charge in [-0.2, -0.15) is 0 Å². The normalized spacial score (nSPS) is 41.1. The first-order valence-electron chi connectivity index (χ1n) is 6.24. The van der Waals surface area contributed by atoms with Crippen molar-refractivity contribution in [1.29, 1.82) is 0 Å². The summed E-state index contributed by atoms with van der Waals surface area (Å²) in [6.45, 7) is 8.41. The van der Waals surface area contributed by atoms with Crippen molar-refractivity contribution in [3.63, 3.8) is 0 Å². The minimum absolute atomic E-state index is 0.752. The molecule has 1 saturated carbocycles. The fraction of sp³-hybridized carbons (Fsp3) is 1.00. The average molecular weight is 196 g/mol. The van der Waals surface area contributed by atoms with Gasteiger partial charge in [-0.1, -0.05) is 6.92 Å². The SMILES string of the molecule is CC1CCC(N2CCNC[C@H]2C)CC1. The zero-order chi connectivity index (χ0) is 9.97. The molecule has 2 rings (SSSR count). The lowest BCUT2D eigenvalue weighted by atomic mass is 9.86. The van der Waals surface area contributed by atoms with Crippen LogP contribution in [0.2, 0.25) is 0 Å². The molecule has 1 heterocycles. The van der Waals surface area contributed by atoms with Crippen LogP contribution in [0.1, 0.15) is 39.5 Å². The third-order valence-corrected chi connectivity index (χ3v) is 4.01. The summed E-state index contributed by atoms with van der Waals surface area (Å²) in [5, 5.41) is 3.47. The molecule has 0 bridgehead atoms. The molecule has 0 aromatic rings. The molecule has 0 unspecified atom stereocenters. The quantitative estimate of drug-likeness (QED) is 0.688. The first-order valence-corrected chi connectivity index (χ1v) is 6.24. The van der Waals surface area contributed by atoms with Gasteiger partial charge in [-0.15, -0.1) is 0 Å². The Kier molecular flexibility index (Phi) is 3.45. The standard InChI is InChI=1S/C12H24N2/c1-10-3-5-12(6-4-10)14-8-7-13-9-11(14)2/h10-13H,3-9H2,1-2H3/t10?,11-,12?/m1/s1. The van der Waals surface area contributed by atoms with Gasteiger partial charge in [0, 0.05) is 31.7 Å². The molecular weight excluding hydrogens is 172 g/mol. The second-order valence-electron chi connectivity index (χ2n) is 5.20. The van der Waals surface area contributed by atoms with Gasteiger partial charge in [-0.25, -0.2) is 0 Å². The van der Waals surface area contributed by atoms with Crippen molar-refractivity contribution in [1.82, 2.24) is 10.2 Å². The van der Waals surface area contributed by atoms with Crippen LogP contribution in [0.25, 0.3) is 0 Å². The molecule has 2 aliphatic rings. The van der Waals surface area contributed by atoms with E-state index in [1.807, 2.05) is 0 Å². The number of hydrogen-bond donors (Lipinski definition) is 1. The lowest BCUT2D eigenvalue weighted by molar-refractivity contribution is 0.0818. The molecule has 82 valence electrons. The molecule has 1 N–H and O–H groups in total. The van der Waals surface area contributed by atoms with Crippen LogP contribution in [0.3, 0.4) is 0 Å². The number of nitrogens with one attached hydrogen (secondary N) is 1. The molecule has 2 nitrogen and oxygen atoms in total. The first kappa shape index (κ1) is 10.4. The van der Waals surface area contributed by atoms with Crippen LogP contribution in [-0.4, -0.2) is 36.6 Å². The lowest BCUT2D eigenvalue weighted by Gasteiger charge is -2.42. The van der Waals surface area contributed by atoms with Crippen molar-refractivity contribution in [3.05, 3.63) is 0 Å². The monoisotopic (exact) mass is 196 g/mol. The highest BCUT2D eigenvalue weighted by atomic mass is 15.2. The smallest absolute Gasteiger partial charge is 0.0195 e. The molecule has 0 aromatic heterocycles. The highest BCUT2D eigenvalue weighted by Crippen LogP contribution is 2.28. The van der Waals surface area contributed by atoms with Gasteiger partial charge in [0.1, 0.15) is 0 Å². The summed E-state index contributed by atoms with van der Waals surface area (Å²) < 4.78 is 0. The Morgan fingerprint density at radius 3 is 2.43 bits per heavy atom. The van der Waals surface area contributed by atoms with E-state index in [1.165, 1.54) is 45.3 Å². The summed E-state index contributed by atoms with van der Waals surface area (Å²) in [7, 11) is 0. The number of hydrogen-bond acceptors (Lipinski definition) is 2. The van der Waals surface area contributed by atoms with E-state index in [1.54, 1.807) is 0 Å². The minimum Gasteiger partial charge on any atom is -0.314 e. The van der Waals surface area contributed by atoms with E-state index in [0.29, 0.717) is 0 Å². The van der Waals surface area contributed by atoms with Crippen LogP contribution in [0.15, 0.2) is 0 Å². The number of piperazine rings is 1. The highest BCUT2D eigenvalue weighted by molar-refractivity contribution is 4.85. The molecule has 1 aliphatic carbocycles. The van der Waals surface area contributed by atoms with Crippen molar-refractivity contribution < 1.29 is 0 Å². The molecule has 0 radical (unpaired) electrons. The van der Waals surface area contributed by atoms with Crippen molar-refractivity contribution in [3.8, 4) is 0 Å². The highest BCUT2D eigenvalue weighted by Gasteiger charge is 2.28. The predicted molar refractivity (Wildman–Crippen MR) is 60.5 cm³/mol. The largest absolute Gasteiger partial charge is 0.314 e. The summed E-state index contributed by atoms with van der Waals surface area (Å²) in [4.78, 5) is 2.74. The van der Waals surface area contributed by atoms with Gasteiger partial charge in [0.15, 0.2) is 0 Å². The van der Waals surface area contributed by atoms with Gasteiger partial charge < -0.3 is 5.32 Å². The van der Waals surface area contributed by atoms with Gasteiger partial charge in [0.2, 0.25) is 0 Å². The molecule has 2 heteroatoms. The number of nitrogens with zero attached hydrogens (tertiary/aromatic N) is 1. The Bertz CT molecular complexity index is 173. The van der Waals surface area contributed by atoms with E-state index in [0.717, 1.165) is 18.0 Å². The van der Waals surface area contributed by atoms with E-state index in [4.69, 9.17) is 0 Å². The van der Waals surface area contributed by atoms with E-state index in [-0.39, 0.29) is 0 Å². The Hall–Kier alpha value is -0.0800. The summed E-state index contributed by atoms with van der Waals surface area (Å²) in [6.07, 6.45) is 5.76. The zero-order valence-corrected chi connectivity index (χ0v) is 9.63. The van der Waals surface area contributed by atoms with Gasteiger partial charge in [0.05, 0.1) is 0 Å². The molecule has 1 aliphatic heterocycles. The topological polar surface area (TPSA) is 15.3 Å². The van der Waals surface area contributed by atoms with E-state index >= 15 is 0 Å². The summed E-state index contributed by atoms with van der Waals surface area (Å²) >= 11 is 0. The molecule has 2 fully saturated rings. The van der Waals surface area contributed by atoms with E-state index in [2.05, 4.69) is 24.1 Å². The van der Waals surface area contributed by atoms with Crippen molar-refractivity contribution >= 4 is 0 Å². The fourth-order valence-corrected chi connectivity index (χ4v) is 2.97. The Morgan fingerprint density at radius 2 is 1.79 bits per heavy atom. The minimum atomic E-state index is 0.752. The molecule has 1 atom stereocenters. The summed E-state index contributed by atoms with van der Waals surface area (Å²) in [5.41, 5.74) is 0. The molecule has 1 saturated heterocycles. The fourth-order valence-electron chi connectivity index (χ4n) is 2.97. The molecule has 0 amide bonds. The van der Waals surface area contributed by atoms with Crippen LogP contribution in [-0.2, 0) is 0 Å². The van der Waals surface area contributed by atoms with Crippen LogP contribution in [0, 0.1) is 5.92 Å². The predicted octanol–water partition coefficient (Wildman–Crippen LogP) is 1.86. The van der Waals surface area contributed by atoms with E-state index in [9.17, 15) is 0 Å². The molecular formula is C12H24N2. The summed E-state index contributed by atoms with van der Waals surface area (Å²) in [5.74, 6) is 0.976. The lowest BCUT2D eigenvalue weighted by Crippen LogP contribution is -2.54. The van der Waals surface area contributed by atoms with Crippen LogP contribution < -0.4 is 5.32 Å². The van der Waals surface area contributed by atoms with Crippen LogP contribution in [0.5, 0.6) is 0 Å². The maximum atomic E-state index is 3.47. The van der Waals surface area contributed by atoms with Gasteiger partial charge in [0.25, 0.3) is 0 Å². The Balaban J connectivity index is 1.87. The third kappa shape index (κ3) is 2.29. The van der Waals surface area contributed by atoms with Crippen molar-refractivity contribution in [2.75, 3.05) is 19.6 Å². The molecule has 0 spiro atoms. The van der Waals surface area contributed by atoms with Crippen molar-refractivity contribution in [2.24, 2.45) is 5.92 Å². The van der Waals surface area contributed by atoms with Gasteiger partial charge in [-0.3, -0.25) is 4.90 Å². The number of rotatable bonds is 1. The van der Waals surface area contributed by atoms with Gasteiger partial charge >= 0.3 is 0 Å². The summed E-state index contributed by atoms with van der Waals surface area (Å²) in [6, 6.07) is 1.64. The Labute approximate surface area is 88.1 Å². The first-order chi connectivity index (χ1) is 6.77. The molecule has 14 heavy (non-hydrogen) atoms. The maximum absolute atomic E-state index is 3.47. The van der Waals surface area contributed by atoms with Crippen LogP contribution >= 0.6 is 0 Å². The average Bonchev–Trinajstić information content (AvgIpc) is 2.20.